The molecular formula is C16H33O2Si. The number of rotatable bonds is 6. The van der Waals surface area contributed by atoms with Gasteiger partial charge in [-0.25, -0.2) is 0 Å². The predicted molar refractivity (Wildman–Crippen MR) is 83.3 cm³/mol. The smallest absolute Gasteiger partial charge is 0.388 e. The molecule has 0 amide bonds. The third-order valence-corrected chi connectivity index (χ3v) is 6.48. The van der Waals surface area contributed by atoms with Gasteiger partial charge in [0.15, 0.2) is 0 Å². The zero-order valence-electron chi connectivity index (χ0n) is 14.0. The summed E-state index contributed by atoms with van der Waals surface area (Å²) in [6, 6.07) is 0. The van der Waals surface area contributed by atoms with Gasteiger partial charge in [-0.3, -0.25) is 0 Å². The van der Waals surface area contributed by atoms with Gasteiger partial charge >= 0.3 is 9.28 Å². The van der Waals surface area contributed by atoms with Crippen LogP contribution < -0.4 is 0 Å². The lowest BCUT2D eigenvalue weighted by atomic mass is 9.67. The van der Waals surface area contributed by atoms with Crippen LogP contribution in [0.15, 0.2) is 0 Å². The van der Waals surface area contributed by atoms with Gasteiger partial charge < -0.3 is 8.85 Å². The molecule has 19 heavy (non-hydrogen) atoms. The summed E-state index contributed by atoms with van der Waals surface area (Å²) < 4.78 is 12.2. The topological polar surface area (TPSA) is 18.5 Å². The van der Waals surface area contributed by atoms with Crippen molar-refractivity contribution in [3.05, 3.63) is 0 Å². The molecular weight excluding hydrogens is 252 g/mol. The third kappa shape index (κ3) is 5.20. The van der Waals surface area contributed by atoms with E-state index in [4.69, 9.17) is 8.85 Å². The normalized spacial score (nSPS) is 18.2. The summed E-state index contributed by atoms with van der Waals surface area (Å²) in [7, 11) is -1.05. The maximum Gasteiger partial charge on any atom is 0.388 e. The molecule has 1 radical (unpaired) electrons. The summed E-state index contributed by atoms with van der Waals surface area (Å²) in [5.41, 5.74) is 1.28. The van der Waals surface area contributed by atoms with E-state index in [0.717, 1.165) is 18.8 Å². The average Bonchev–Trinajstić information content (AvgIpc) is 2.10. The second-order valence-electron chi connectivity index (χ2n) is 7.98. The molecule has 0 aromatic heterocycles. The molecule has 0 unspecified atom stereocenters. The van der Waals surface area contributed by atoms with Crippen LogP contribution in [0.2, 0.25) is 5.54 Å². The summed E-state index contributed by atoms with van der Waals surface area (Å²) >= 11 is 0. The van der Waals surface area contributed by atoms with E-state index in [1.165, 1.54) is 19.3 Å². The number of hydrogen-bond donors (Lipinski definition) is 0. The highest BCUT2D eigenvalue weighted by atomic mass is 28.3. The molecule has 0 aromatic carbocycles. The minimum absolute atomic E-state index is 0.275. The van der Waals surface area contributed by atoms with Crippen LogP contribution in [0.5, 0.6) is 0 Å². The lowest BCUT2D eigenvalue weighted by molar-refractivity contribution is 0.0349. The highest BCUT2D eigenvalue weighted by molar-refractivity contribution is 6.46. The highest BCUT2D eigenvalue weighted by Gasteiger charge is 2.38. The second-order valence-corrected chi connectivity index (χ2v) is 10.0. The van der Waals surface area contributed by atoms with Crippen LogP contribution >= 0.6 is 0 Å². The predicted octanol–water partition coefficient (Wildman–Crippen LogP) is 4.79. The third-order valence-electron chi connectivity index (χ3n) is 4.21. The molecule has 0 saturated heterocycles. The molecule has 0 heterocycles. The molecule has 1 rings (SSSR count). The Hall–Kier alpha value is 0.137. The highest BCUT2D eigenvalue weighted by Crippen LogP contribution is 2.41. The van der Waals surface area contributed by atoms with E-state index in [0.29, 0.717) is 5.92 Å². The Labute approximate surface area is 122 Å². The Balaban J connectivity index is 2.58. The van der Waals surface area contributed by atoms with Crippen LogP contribution in [0.25, 0.3) is 0 Å². The Morgan fingerprint density at radius 1 is 1.00 bits per heavy atom. The van der Waals surface area contributed by atoms with Crippen molar-refractivity contribution >= 4 is 9.28 Å². The molecule has 0 aliphatic heterocycles. The fourth-order valence-electron chi connectivity index (χ4n) is 3.03. The molecule has 1 saturated carbocycles. The van der Waals surface area contributed by atoms with E-state index in [2.05, 4.69) is 48.5 Å². The quantitative estimate of drug-likeness (QED) is 0.653. The van der Waals surface area contributed by atoms with Gasteiger partial charge in [0.2, 0.25) is 0 Å². The minimum Gasteiger partial charge on any atom is -0.393 e. The van der Waals surface area contributed by atoms with Crippen molar-refractivity contribution in [3.8, 4) is 0 Å². The first-order valence-electron chi connectivity index (χ1n) is 7.78. The van der Waals surface area contributed by atoms with Crippen molar-refractivity contribution in [2.75, 3.05) is 13.2 Å². The van der Waals surface area contributed by atoms with E-state index in [-0.39, 0.29) is 10.8 Å². The molecule has 0 bridgehead atoms. The van der Waals surface area contributed by atoms with Crippen LogP contribution in [0.3, 0.4) is 0 Å². The molecule has 0 spiro atoms. The fourth-order valence-corrected chi connectivity index (χ4v) is 5.08. The minimum atomic E-state index is -1.05. The van der Waals surface area contributed by atoms with Gasteiger partial charge in [-0.15, -0.1) is 0 Å². The van der Waals surface area contributed by atoms with E-state index in [9.17, 15) is 0 Å². The fraction of sp³-hybridized carbons (Fsp3) is 1.00. The summed E-state index contributed by atoms with van der Waals surface area (Å²) in [4.78, 5) is 0. The molecule has 0 N–H and O–H groups in total. The molecule has 0 atom stereocenters. The Morgan fingerprint density at radius 2 is 1.53 bits per heavy atom. The first-order valence-corrected chi connectivity index (χ1v) is 9.18. The van der Waals surface area contributed by atoms with Crippen molar-refractivity contribution in [2.45, 2.75) is 73.3 Å². The Bertz CT molecular complexity index is 247. The van der Waals surface area contributed by atoms with E-state index in [1.807, 2.05) is 0 Å². The first kappa shape index (κ1) is 17.2. The van der Waals surface area contributed by atoms with Gasteiger partial charge in [0.1, 0.15) is 0 Å². The van der Waals surface area contributed by atoms with Crippen molar-refractivity contribution in [2.24, 2.45) is 16.7 Å². The Kier molecular flexibility index (Phi) is 6.09. The van der Waals surface area contributed by atoms with Crippen molar-refractivity contribution in [3.63, 3.8) is 0 Å². The molecule has 1 fully saturated rings. The van der Waals surface area contributed by atoms with Gasteiger partial charge in [0, 0.05) is 18.8 Å². The van der Waals surface area contributed by atoms with E-state index in [1.54, 1.807) is 0 Å². The Morgan fingerprint density at radius 3 is 1.84 bits per heavy atom. The van der Waals surface area contributed by atoms with Gasteiger partial charge in [-0.05, 0) is 36.5 Å². The molecule has 2 nitrogen and oxygen atoms in total. The van der Waals surface area contributed by atoms with Crippen LogP contribution in [0.1, 0.15) is 67.7 Å². The maximum absolute atomic E-state index is 6.28. The van der Waals surface area contributed by atoms with Crippen LogP contribution in [-0.4, -0.2) is 22.5 Å². The molecule has 113 valence electrons. The van der Waals surface area contributed by atoms with Gasteiger partial charge in [0.25, 0.3) is 0 Å². The standard InChI is InChI=1S/C16H33O2Si/c1-8-17-19(13-10-9-11-13)18-12-14(15(2,3)4)16(5,6)7/h13-14H,8-12H2,1-7H3. The maximum atomic E-state index is 6.28. The first-order chi connectivity index (χ1) is 8.66. The lowest BCUT2D eigenvalue weighted by Crippen LogP contribution is -2.41. The average molecular weight is 286 g/mol. The van der Waals surface area contributed by atoms with Crippen molar-refractivity contribution < 1.29 is 8.85 Å². The largest absolute Gasteiger partial charge is 0.393 e. The monoisotopic (exact) mass is 285 g/mol. The van der Waals surface area contributed by atoms with E-state index < -0.39 is 9.28 Å². The van der Waals surface area contributed by atoms with Crippen LogP contribution in [0, 0.1) is 16.7 Å². The van der Waals surface area contributed by atoms with Crippen LogP contribution in [0.4, 0.5) is 0 Å². The van der Waals surface area contributed by atoms with Gasteiger partial charge in [0.05, 0.1) is 0 Å². The van der Waals surface area contributed by atoms with Crippen LogP contribution in [-0.2, 0) is 8.85 Å². The molecule has 1 aliphatic carbocycles. The summed E-state index contributed by atoms with van der Waals surface area (Å²) in [5, 5.41) is 0. The molecule has 3 heteroatoms. The number of hydrogen-bond acceptors (Lipinski definition) is 2. The zero-order valence-corrected chi connectivity index (χ0v) is 15.0. The van der Waals surface area contributed by atoms with Gasteiger partial charge in [-0.1, -0.05) is 48.0 Å². The molecule has 1 aliphatic rings. The SMILES string of the molecule is CCO[Si](OCC(C(C)(C)C)C(C)(C)C)C1CCC1. The summed E-state index contributed by atoms with van der Waals surface area (Å²) in [5.74, 6) is 0.556. The van der Waals surface area contributed by atoms with Gasteiger partial charge in [-0.2, -0.15) is 0 Å². The van der Waals surface area contributed by atoms with Crippen molar-refractivity contribution in [1.82, 2.24) is 0 Å². The summed E-state index contributed by atoms with van der Waals surface area (Å²) in [6.07, 6.45) is 3.98. The molecule has 0 aromatic rings. The van der Waals surface area contributed by atoms with Crippen molar-refractivity contribution in [1.29, 1.82) is 0 Å². The summed E-state index contributed by atoms with van der Waals surface area (Å²) in [6.45, 7) is 17.7. The zero-order chi connectivity index (χ0) is 14.7. The van der Waals surface area contributed by atoms with E-state index >= 15 is 0 Å². The lowest BCUT2D eigenvalue weighted by Gasteiger charge is -2.42. The second kappa shape index (κ2) is 6.73.